The molecule has 2 rings (SSSR count). The molecule has 1 unspecified atom stereocenters. The molecule has 0 aliphatic carbocycles. The maximum absolute atomic E-state index is 10.00. The summed E-state index contributed by atoms with van der Waals surface area (Å²) in [4.78, 5) is 7.25. The Kier molecular flexibility index (Phi) is 3.34. The summed E-state index contributed by atoms with van der Waals surface area (Å²) in [6.07, 6.45) is 2.96. The van der Waals surface area contributed by atoms with E-state index in [1.807, 2.05) is 31.3 Å². The Labute approximate surface area is 94.4 Å². The molecule has 0 fully saturated rings. The van der Waals surface area contributed by atoms with E-state index in [0.29, 0.717) is 6.54 Å². The molecule has 0 aliphatic rings. The van der Waals surface area contributed by atoms with Crippen molar-refractivity contribution in [2.24, 2.45) is 0 Å². The van der Waals surface area contributed by atoms with Gasteiger partial charge in [-0.1, -0.05) is 24.3 Å². The topological polar surface area (TPSA) is 60.9 Å². The minimum Gasteiger partial charge on any atom is -0.387 e. The zero-order valence-electron chi connectivity index (χ0n) is 9.14. The number of aliphatic hydroxyl groups is 1. The highest BCUT2D eigenvalue weighted by Crippen LogP contribution is 2.25. The van der Waals surface area contributed by atoms with Gasteiger partial charge in [-0.2, -0.15) is 0 Å². The molecule has 4 heteroatoms. The minimum absolute atomic E-state index is 0.522. The fraction of sp³-hybridized carbons (Fsp3) is 0.250. The summed E-state index contributed by atoms with van der Waals surface area (Å²) >= 11 is 0. The summed E-state index contributed by atoms with van der Waals surface area (Å²) in [7, 11) is 1.82. The van der Waals surface area contributed by atoms with Gasteiger partial charge in [-0.15, -0.1) is 0 Å². The van der Waals surface area contributed by atoms with Crippen LogP contribution in [0.1, 0.15) is 11.7 Å². The molecule has 1 atom stereocenters. The van der Waals surface area contributed by atoms with Crippen LogP contribution in [0.2, 0.25) is 0 Å². The van der Waals surface area contributed by atoms with Crippen molar-refractivity contribution in [1.82, 2.24) is 15.3 Å². The second-order valence-corrected chi connectivity index (χ2v) is 3.60. The zero-order valence-corrected chi connectivity index (χ0v) is 9.14. The van der Waals surface area contributed by atoms with Crippen LogP contribution in [0.3, 0.4) is 0 Å². The third-order valence-corrected chi connectivity index (χ3v) is 2.47. The molecular weight excluding hydrogens is 202 g/mol. The van der Waals surface area contributed by atoms with E-state index in [4.69, 9.17) is 0 Å². The van der Waals surface area contributed by atoms with Crippen LogP contribution >= 0.6 is 0 Å². The molecule has 4 nitrogen and oxygen atoms in total. The van der Waals surface area contributed by atoms with Crippen molar-refractivity contribution in [3.63, 3.8) is 0 Å². The van der Waals surface area contributed by atoms with E-state index in [2.05, 4.69) is 15.3 Å². The molecule has 1 aromatic heterocycles. The summed E-state index contributed by atoms with van der Waals surface area (Å²) in [5.41, 5.74) is 1.82. The van der Waals surface area contributed by atoms with Gasteiger partial charge >= 0.3 is 0 Å². The van der Waals surface area contributed by atoms with Crippen LogP contribution < -0.4 is 5.32 Å². The number of nitrogens with zero attached hydrogens (tertiary/aromatic N) is 1. The van der Waals surface area contributed by atoms with Gasteiger partial charge in [0.1, 0.15) is 5.82 Å². The first-order valence-electron chi connectivity index (χ1n) is 5.24. The number of aliphatic hydroxyl groups excluding tert-OH is 1. The molecule has 0 saturated carbocycles. The fourth-order valence-electron chi connectivity index (χ4n) is 1.72. The van der Waals surface area contributed by atoms with Crippen molar-refractivity contribution in [2.45, 2.75) is 6.10 Å². The van der Waals surface area contributed by atoms with Gasteiger partial charge in [-0.05, 0) is 12.6 Å². The van der Waals surface area contributed by atoms with Gasteiger partial charge in [0.25, 0.3) is 0 Å². The summed E-state index contributed by atoms with van der Waals surface area (Å²) in [6, 6.07) is 7.72. The number of hydrogen-bond acceptors (Lipinski definition) is 3. The van der Waals surface area contributed by atoms with Crippen LogP contribution in [-0.4, -0.2) is 28.7 Å². The number of imidazole rings is 1. The number of likely N-dealkylation sites (N-methyl/N-ethyl adjacent to an activating group) is 1. The van der Waals surface area contributed by atoms with Crippen LogP contribution in [0.5, 0.6) is 0 Å². The Bertz CT molecular complexity index is 439. The first-order valence-corrected chi connectivity index (χ1v) is 5.24. The number of aromatic amines is 1. The van der Waals surface area contributed by atoms with Crippen LogP contribution in [0, 0.1) is 0 Å². The lowest BCUT2D eigenvalue weighted by Crippen LogP contribution is -2.17. The predicted octanol–water partition coefficient (Wildman–Crippen LogP) is 1.33. The van der Waals surface area contributed by atoms with E-state index in [0.717, 1.165) is 17.0 Å². The second-order valence-electron chi connectivity index (χ2n) is 3.60. The molecule has 84 valence electrons. The van der Waals surface area contributed by atoms with Gasteiger partial charge in [0.15, 0.2) is 0 Å². The Balaban J connectivity index is 2.38. The van der Waals surface area contributed by atoms with Gasteiger partial charge in [0, 0.05) is 24.5 Å². The Hall–Kier alpha value is -1.65. The third kappa shape index (κ3) is 2.13. The fourth-order valence-corrected chi connectivity index (χ4v) is 1.72. The molecule has 16 heavy (non-hydrogen) atoms. The molecule has 0 spiro atoms. The molecular formula is C12H15N3O. The Morgan fingerprint density at radius 1 is 1.44 bits per heavy atom. The highest BCUT2D eigenvalue weighted by molar-refractivity contribution is 5.60. The van der Waals surface area contributed by atoms with Crippen molar-refractivity contribution < 1.29 is 5.11 Å². The molecule has 1 aromatic carbocycles. The summed E-state index contributed by atoms with van der Waals surface area (Å²) in [5.74, 6) is 0.783. The average molecular weight is 217 g/mol. The number of rotatable bonds is 4. The lowest BCUT2D eigenvalue weighted by molar-refractivity contribution is 0.178. The van der Waals surface area contributed by atoms with Gasteiger partial charge in [0.05, 0.1) is 6.10 Å². The highest BCUT2D eigenvalue weighted by Gasteiger charge is 2.13. The third-order valence-electron chi connectivity index (χ3n) is 2.47. The van der Waals surface area contributed by atoms with Gasteiger partial charge < -0.3 is 15.4 Å². The maximum atomic E-state index is 10.00. The summed E-state index contributed by atoms with van der Waals surface area (Å²) in [6.45, 7) is 0.526. The van der Waals surface area contributed by atoms with Crippen molar-refractivity contribution in [2.75, 3.05) is 13.6 Å². The van der Waals surface area contributed by atoms with E-state index in [1.54, 1.807) is 12.4 Å². The molecule has 0 aliphatic heterocycles. The number of hydrogen-bond donors (Lipinski definition) is 3. The second kappa shape index (κ2) is 4.92. The van der Waals surface area contributed by atoms with Gasteiger partial charge in [-0.25, -0.2) is 4.98 Å². The van der Waals surface area contributed by atoms with Crippen molar-refractivity contribution >= 4 is 0 Å². The predicted molar refractivity (Wildman–Crippen MR) is 62.9 cm³/mol. The van der Waals surface area contributed by atoms with Crippen LogP contribution in [0.4, 0.5) is 0 Å². The molecule has 1 heterocycles. The zero-order chi connectivity index (χ0) is 11.4. The van der Waals surface area contributed by atoms with Crippen LogP contribution in [0.15, 0.2) is 36.7 Å². The molecule has 0 radical (unpaired) electrons. The van der Waals surface area contributed by atoms with E-state index in [-0.39, 0.29) is 0 Å². The molecule has 0 bridgehead atoms. The molecule has 0 amide bonds. The molecule has 2 aromatic rings. The van der Waals surface area contributed by atoms with Gasteiger partial charge in [-0.3, -0.25) is 0 Å². The smallest absolute Gasteiger partial charge is 0.137 e. The van der Waals surface area contributed by atoms with Crippen LogP contribution in [-0.2, 0) is 0 Å². The molecule has 3 N–H and O–H groups in total. The summed E-state index contributed by atoms with van der Waals surface area (Å²) in [5, 5.41) is 13.0. The number of nitrogens with one attached hydrogen (secondary N) is 2. The van der Waals surface area contributed by atoms with Crippen molar-refractivity contribution in [1.29, 1.82) is 0 Å². The van der Waals surface area contributed by atoms with Crippen molar-refractivity contribution in [3.05, 3.63) is 42.2 Å². The van der Waals surface area contributed by atoms with Crippen molar-refractivity contribution in [3.8, 4) is 11.4 Å². The minimum atomic E-state index is -0.522. The average Bonchev–Trinajstić information content (AvgIpc) is 2.83. The number of benzene rings is 1. The highest BCUT2D eigenvalue weighted by atomic mass is 16.3. The standard InChI is InChI=1S/C12H15N3O/c1-13-8-11(16)9-4-2-3-5-10(9)12-14-6-7-15-12/h2-7,11,13,16H,8H2,1H3,(H,14,15). The first-order chi connectivity index (χ1) is 7.83. The maximum Gasteiger partial charge on any atom is 0.137 e. The Morgan fingerprint density at radius 3 is 2.94 bits per heavy atom. The van der Waals surface area contributed by atoms with E-state index < -0.39 is 6.10 Å². The van der Waals surface area contributed by atoms with Gasteiger partial charge in [0.2, 0.25) is 0 Å². The quantitative estimate of drug-likeness (QED) is 0.724. The largest absolute Gasteiger partial charge is 0.387 e. The number of aromatic nitrogens is 2. The lowest BCUT2D eigenvalue weighted by Gasteiger charge is -2.13. The van der Waals surface area contributed by atoms with E-state index in [1.165, 1.54) is 0 Å². The SMILES string of the molecule is CNCC(O)c1ccccc1-c1ncc[nH]1. The first kappa shape index (κ1) is 10.9. The van der Waals surface area contributed by atoms with Crippen LogP contribution in [0.25, 0.3) is 11.4 Å². The normalized spacial score (nSPS) is 12.6. The molecule has 0 saturated heterocycles. The monoisotopic (exact) mass is 217 g/mol. The van der Waals surface area contributed by atoms with E-state index in [9.17, 15) is 5.11 Å². The Morgan fingerprint density at radius 2 is 2.25 bits per heavy atom. The van der Waals surface area contributed by atoms with E-state index >= 15 is 0 Å². The lowest BCUT2D eigenvalue weighted by atomic mass is 10.0. The number of H-pyrrole nitrogens is 1. The summed E-state index contributed by atoms with van der Waals surface area (Å²) < 4.78 is 0.